The Morgan fingerprint density at radius 2 is 1.97 bits per heavy atom. The van der Waals surface area contributed by atoms with E-state index < -0.39 is 10.0 Å². The molecule has 2 aromatic rings. The van der Waals surface area contributed by atoms with Gasteiger partial charge in [0.1, 0.15) is 5.82 Å². The molecule has 1 aromatic carbocycles. The zero-order valence-corrected chi connectivity index (χ0v) is 19.1. The largest absolute Gasteiger partial charge is 0.355 e. The van der Waals surface area contributed by atoms with Gasteiger partial charge in [-0.2, -0.15) is 0 Å². The molecule has 29 heavy (non-hydrogen) atoms. The third-order valence-corrected chi connectivity index (χ3v) is 6.97. The highest BCUT2D eigenvalue weighted by Gasteiger charge is 2.19. The van der Waals surface area contributed by atoms with Crippen LogP contribution in [0.3, 0.4) is 0 Å². The molecule has 2 rings (SSSR count). The topological polar surface area (TPSA) is 87.5 Å². The number of sulfonamides is 1. The van der Waals surface area contributed by atoms with Crippen LogP contribution in [0, 0.1) is 0 Å². The summed E-state index contributed by atoms with van der Waals surface area (Å²) < 4.78 is 27.7. The first-order valence-corrected chi connectivity index (χ1v) is 11.4. The summed E-state index contributed by atoms with van der Waals surface area (Å²) in [5.41, 5.74) is 1.45. The van der Waals surface area contributed by atoms with Crippen LogP contribution in [-0.2, 0) is 28.3 Å². The number of benzene rings is 1. The Morgan fingerprint density at radius 1 is 1.28 bits per heavy atom. The molecule has 1 heterocycles. The van der Waals surface area contributed by atoms with Crippen LogP contribution in [0.15, 0.2) is 23.1 Å². The van der Waals surface area contributed by atoms with Gasteiger partial charge >= 0.3 is 0 Å². The average molecular weight is 424 g/mol. The molecule has 0 aliphatic rings. The summed E-state index contributed by atoms with van der Waals surface area (Å²) in [4.78, 5) is 19.3. The van der Waals surface area contributed by atoms with Crippen LogP contribution >= 0.6 is 0 Å². The molecule has 0 saturated carbocycles. The third-order valence-electron chi connectivity index (χ3n) is 5.16. The summed E-state index contributed by atoms with van der Waals surface area (Å²) in [5.74, 6) is 0.750. The van der Waals surface area contributed by atoms with E-state index in [0.29, 0.717) is 30.9 Å². The maximum absolute atomic E-state index is 12.3. The van der Waals surface area contributed by atoms with Crippen LogP contribution in [0.25, 0.3) is 11.0 Å². The Bertz CT molecular complexity index is 950. The zero-order valence-electron chi connectivity index (χ0n) is 18.3. The van der Waals surface area contributed by atoms with E-state index in [1.165, 1.54) is 18.4 Å². The van der Waals surface area contributed by atoms with E-state index in [1.807, 2.05) is 11.6 Å². The minimum Gasteiger partial charge on any atom is -0.355 e. The SMILES string of the molecule is CCN(CCNC(=O)CCc1nc2cc(S(=O)(=O)N(C)C)ccc2n1C)C(C)C. The molecule has 0 atom stereocenters. The number of hydrogen-bond acceptors (Lipinski definition) is 5. The van der Waals surface area contributed by atoms with Gasteiger partial charge in [-0.15, -0.1) is 0 Å². The number of carbonyl (C=O) groups is 1. The number of fused-ring (bicyclic) bond motifs is 1. The number of imidazole rings is 1. The van der Waals surface area contributed by atoms with Crippen molar-refractivity contribution < 1.29 is 13.2 Å². The summed E-state index contributed by atoms with van der Waals surface area (Å²) in [5, 5.41) is 2.96. The second kappa shape index (κ2) is 9.69. The number of amides is 1. The first-order chi connectivity index (χ1) is 13.6. The normalized spacial score (nSPS) is 12.4. The van der Waals surface area contributed by atoms with Gasteiger partial charge in [-0.05, 0) is 38.6 Å². The summed E-state index contributed by atoms with van der Waals surface area (Å²) in [7, 11) is 1.38. The van der Waals surface area contributed by atoms with E-state index in [9.17, 15) is 13.2 Å². The quantitative estimate of drug-likeness (QED) is 0.627. The van der Waals surface area contributed by atoms with Crippen LogP contribution in [0.4, 0.5) is 0 Å². The first-order valence-electron chi connectivity index (χ1n) is 9.96. The van der Waals surface area contributed by atoms with Crippen LogP contribution < -0.4 is 5.32 Å². The maximum atomic E-state index is 12.3. The van der Waals surface area contributed by atoms with E-state index in [-0.39, 0.29) is 10.8 Å². The molecule has 0 fully saturated rings. The van der Waals surface area contributed by atoms with E-state index in [2.05, 4.69) is 36.0 Å². The number of nitrogens with one attached hydrogen (secondary N) is 1. The molecule has 162 valence electrons. The standard InChI is InChI=1S/C20H33N5O3S/c1-7-25(15(2)3)13-12-21-20(26)11-10-19-22-17-14-16(29(27,28)23(4)5)8-9-18(17)24(19)6/h8-9,14-15H,7,10-13H2,1-6H3,(H,21,26). The molecule has 0 aliphatic heterocycles. The molecule has 0 saturated heterocycles. The molecule has 1 amide bonds. The van der Waals surface area contributed by atoms with Crippen molar-refractivity contribution >= 4 is 27.0 Å². The van der Waals surface area contributed by atoms with E-state index in [4.69, 9.17) is 0 Å². The summed E-state index contributed by atoms with van der Waals surface area (Å²) in [6, 6.07) is 5.38. The molecule has 1 aromatic heterocycles. The first kappa shape index (κ1) is 23.3. The van der Waals surface area contributed by atoms with Crippen LogP contribution in [0.5, 0.6) is 0 Å². The molecule has 8 nitrogen and oxygen atoms in total. The minimum atomic E-state index is -3.51. The average Bonchev–Trinajstić information content (AvgIpc) is 2.98. The van der Waals surface area contributed by atoms with E-state index in [1.54, 1.807) is 18.2 Å². The lowest BCUT2D eigenvalue weighted by atomic mass is 10.2. The molecule has 0 spiro atoms. The molecule has 0 aliphatic carbocycles. The lowest BCUT2D eigenvalue weighted by molar-refractivity contribution is -0.121. The van der Waals surface area contributed by atoms with Crippen LogP contribution in [0.2, 0.25) is 0 Å². The fraction of sp³-hybridized carbons (Fsp3) is 0.600. The van der Waals surface area contributed by atoms with Gasteiger partial charge in [0.25, 0.3) is 0 Å². The Balaban J connectivity index is 2.01. The highest BCUT2D eigenvalue weighted by atomic mass is 32.2. The number of carbonyl (C=O) groups excluding carboxylic acids is 1. The van der Waals surface area contributed by atoms with Gasteiger partial charge in [0.2, 0.25) is 15.9 Å². The maximum Gasteiger partial charge on any atom is 0.242 e. The summed E-state index contributed by atoms with van der Waals surface area (Å²) in [6.07, 6.45) is 0.836. The number of rotatable bonds is 10. The van der Waals surface area contributed by atoms with Crippen LogP contribution in [0.1, 0.15) is 33.0 Å². The van der Waals surface area contributed by atoms with Gasteiger partial charge in [0.15, 0.2) is 0 Å². The number of aryl methyl sites for hydroxylation is 2. The molecule has 9 heteroatoms. The van der Waals surface area contributed by atoms with Crippen molar-refractivity contribution in [1.29, 1.82) is 0 Å². The van der Waals surface area contributed by atoms with Gasteiger partial charge in [-0.3, -0.25) is 9.69 Å². The van der Waals surface area contributed by atoms with Gasteiger partial charge in [0.05, 0.1) is 15.9 Å². The summed E-state index contributed by atoms with van der Waals surface area (Å²) >= 11 is 0. The van der Waals surface area contributed by atoms with Crippen molar-refractivity contribution in [3.8, 4) is 0 Å². The second-order valence-corrected chi connectivity index (χ2v) is 9.75. The molecule has 0 radical (unpaired) electrons. The third kappa shape index (κ3) is 5.55. The number of hydrogen-bond donors (Lipinski definition) is 1. The Hall–Kier alpha value is -1.97. The smallest absolute Gasteiger partial charge is 0.242 e. The van der Waals surface area contributed by atoms with E-state index in [0.717, 1.165) is 24.4 Å². The van der Waals surface area contributed by atoms with Crippen LogP contribution in [-0.4, -0.2) is 72.9 Å². The Labute approximate surface area is 173 Å². The molecule has 0 bridgehead atoms. The fourth-order valence-electron chi connectivity index (χ4n) is 3.26. The molecule has 1 N–H and O–H groups in total. The summed E-state index contributed by atoms with van der Waals surface area (Å²) in [6.45, 7) is 8.81. The molecular weight excluding hydrogens is 390 g/mol. The number of likely N-dealkylation sites (N-methyl/N-ethyl adjacent to an activating group) is 1. The monoisotopic (exact) mass is 423 g/mol. The Morgan fingerprint density at radius 3 is 2.55 bits per heavy atom. The lowest BCUT2D eigenvalue weighted by Crippen LogP contribution is -2.38. The minimum absolute atomic E-state index is 0.00672. The van der Waals surface area contributed by atoms with Crippen molar-refractivity contribution in [2.75, 3.05) is 33.7 Å². The Kier molecular flexibility index (Phi) is 7.79. The van der Waals surface area contributed by atoms with Crippen molar-refractivity contribution in [1.82, 2.24) is 24.1 Å². The van der Waals surface area contributed by atoms with Gasteiger partial charge in [-0.1, -0.05) is 6.92 Å². The molecule has 0 unspecified atom stereocenters. The van der Waals surface area contributed by atoms with Gasteiger partial charge in [0, 0.05) is 53.1 Å². The van der Waals surface area contributed by atoms with Crippen molar-refractivity contribution in [2.45, 2.75) is 44.6 Å². The molecular formula is C20H33N5O3S. The lowest BCUT2D eigenvalue weighted by Gasteiger charge is -2.24. The number of nitrogens with zero attached hydrogens (tertiary/aromatic N) is 4. The highest BCUT2D eigenvalue weighted by Crippen LogP contribution is 2.21. The van der Waals surface area contributed by atoms with Crippen molar-refractivity contribution in [3.05, 3.63) is 24.0 Å². The van der Waals surface area contributed by atoms with E-state index >= 15 is 0 Å². The van der Waals surface area contributed by atoms with Crippen molar-refractivity contribution in [2.24, 2.45) is 7.05 Å². The van der Waals surface area contributed by atoms with Crippen molar-refractivity contribution in [3.63, 3.8) is 0 Å². The fourth-order valence-corrected chi connectivity index (χ4v) is 4.18. The number of aromatic nitrogens is 2. The zero-order chi connectivity index (χ0) is 21.8. The van der Waals surface area contributed by atoms with Gasteiger partial charge < -0.3 is 9.88 Å². The second-order valence-electron chi connectivity index (χ2n) is 7.60. The highest BCUT2D eigenvalue weighted by molar-refractivity contribution is 7.89. The predicted octanol–water partition coefficient (Wildman–Crippen LogP) is 1.60. The van der Waals surface area contributed by atoms with Gasteiger partial charge in [-0.25, -0.2) is 17.7 Å². The predicted molar refractivity (Wildman–Crippen MR) is 115 cm³/mol.